The topological polar surface area (TPSA) is 41.4 Å². The van der Waals surface area contributed by atoms with E-state index in [-0.39, 0.29) is 12.2 Å². The zero-order chi connectivity index (χ0) is 17.8. The number of piperidine rings is 1. The highest BCUT2D eigenvalue weighted by molar-refractivity contribution is 5.03. The summed E-state index contributed by atoms with van der Waals surface area (Å²) in [4.78, 5) is 1.74. The summed E-state index contributed by atoms with van der Waals surface area (Å²) in [6, 6.07) is 0.803. The highest BCUT2D eigenvalue weighted by Gasteiger charge is 2.58. The highest BCUT2D eigenvalue weighted by Crippen LogP contribution is 2.51. The second-order valence-corrected chi connectivity index (χ2v) is 9.62. The number of quaternary nitrogens is 1. The first kappa shape index (κ1) is 17.9. The summed E-state index contributed by atoms with van der Waals surface area (Å²) in [6.45, 7) is 1.75. The Morgan fingerprint density at radius 1 is 0.808 bits per heavy atom. The van der Waals surface area contributed by atoms with Crippen LogP contribution < -0.4 is 4.90 Å². The Morgan fingerprint density at radius 2 is 1.58 bits per heavy atom. The molecule has 5 heteroatoms. The summed E-state index contributed by atoms with van der Waals surface area (Å²) < 4.78 is 23.5. The third-order valence-corrected chi connectivity index (χ3v) is 8.79. The zero-order valence-electron chi connectivity index (χ0n) is 16.6. The van der Waals surface area contributed by atoms with Gasteiger partial charge in [-0.1, -0.05) is 0 Å². The summed E-state index contributed by atoms with van der Waals surface area (Å²) in [5, 5.41) is 0. The van der Waals surface area contributed by atoms with Crippen LogP contribution in [0.5, 0.6) is 0 Å². The molecule has 0 bridgehead atoms. The summed E-state index contributed by atoms with van der Waals surface area (Å²) in [5.74, 6) is 3.99. The molecule has 5 nitrogen and oxygen atoms in total. The molecule has 2 aliphatic heterocycles. The molecule has 0 aromatic carbocycles. The summed E-state index contributed by atoms with van der Waals surface area (Å²) >= 11 is 0. The van der Waals surface area contributed by atoms with E-state index in [4.69, 9.17) is 18.9 Å². The summed E-state index contributed by atoms with van der Waals surface area (Å²) in [5.41, 5.74) is 0. The predicted molar refractivity (Wildman–Crippen MR) is 96.9 cm³/mol. The standard InChI is InChI=1S/C21H35NO4/c1-22-10-16-13(6-7-17(23-2)21(16)24-3)14-5-4-12-8-18-19(26-11-25-18)9-15(12)20(14)22/h12-21H,4-11H2,1-3H3/p+1. The quantitative estimate of drug-likeness (QED) is 0.795. The van der Waals surface area contributed by atoms with E-state index >= 15 is 0 Å². The van der Waals surface area contributed by atoms with Crippen LogP contribution in [-0.4, -0.2) is 65.1 Å². The van der Waals surface area contributed by atoms with Crippen molar-refractivity contribution in [3.05, 3.63) is 0 Å². The van der Waals surface area contributed by atoms with Crippen molar-refractivity contribution in [1.29, 1.82) is 0 Å². The van der Waals surface area contributed by atoms with Crippen molar-refractivity contribution in [2.24, 2.45) is 29.6 Å². The molecule has 0 spiro atoms. The first-order valence-corrected chi connectivity index (χ1v) is 10.8. The van der Waals surface area contributed by atoms with E-state index in [1.165, 1.54) is 38.6 Å². The molecule has 11 unspecified atom stereocenters. The fraction of sp³-hybridized carbons (Fsp3) is 1.00. The van der Waals surface area contributed by atoms with Crippen molar-refractivity contribution < 1.29 is 23.8 Å². The van der Waals surface area contributed by atoms with E-state index in [0.717, 1.165) is 36.1 Å². The normalized spacial score (nSPS) is 56.2. The van der Waals surface area contributed by atoms with Crippen LogP contribution in [0.3, 0.4) is 0 Å². The average molecular weight is 367 g/mol. The molecule has 5 rings (SSSR count). The molecule has 148 valence electrons. The Hall–Kier alpha value is -0.200. The monoisotopic (exact) mass is 366 g/mol. The molecule has 0 aromatic rings. The van der Waals surface area contributed by atoms with Crippen LogP contribution in [0.25, 0.3) is 0 Å². The minimum absolute atomic E-state index is 0.273. The number of hydrogen-bond donors (Lipinski definition) is 1. The van der Waals surface area contributed by atoms with Crippen LogP contribution in [0.4, 0.5) is 0 Å². The lowest BCUT2D eigenvalue weighted by Gasteiger charge is -2.57. The van der Waals surface area contributed by atoms with Gasteiger partial charge in [0, 0.05) is 32.0 Å². The summed E-state index contributed by atoms with van der Waals surface area (Å²) in [7, 11) is 6.18. The third kappa shape index (κ3) is 2.69. The lowest BCUT2D eigenvalue weighted by Crippen LogP contribution is -3.17. The van der Waals surface area contributed by atoms with Crippen molar-refractivity contribution in [3.8, 4) is 0 Å². The number of methoxy groups -OCH3 is 2. The van der Waals surface area contributed by atoms with Gasteiger partial charge in [-0.15, -0.1) is 0 Å². The smallest absolute Gasteiger partial charge is 0.147 e. The Labute approximate surface area is 157 Å². The first-order valence-electron chi connectivity index (χ1n) is 10.8. The number of rotatable bonds is 2. The summed E-state index contributed by atoms with van der Waals surface area (Å²) in [6.07, 6.45) is 9.00. The molecule has 3 saturated carbocycles. The van der Waals surface area contributed by atoms with Crippen molar-refractivity contribution in [2.75, 3.05) is 34.6 Å². The van der Waals surface area contributed by atoms with Crippen LogP contribution in [0.15, 0.2) is 0 Å². The van der Waals surface area contributed by atoms with Gasteiger partial charge in [0.05, 0.1) is 44.1 Å². The second-order valence-electron chi connectivity index (χ2n) is 9.62. The Morgan fingerprint density at radius 3 is 2.35 bits per heavy atom. The highest BCUT2D eigenvalue weighted by atomic mass is 16.7. The molecule has 0 aromatic heterocycles. The number of fused-ring (bicyclic) bond motifs is 6. The molecule has 5 aliphatic rings. The lowest BCUT2D eigenvalue weighted by atomic mass is 9.55. The minimum atomic E-state index is 0.273. The maximum absolute atomic E-state index is 5.98. The number of nitrogens with one attached hydrogen (secondary N) is 1. The van der Waals surface area contributed by atoms with Gasteiger partial charge in [0.2, 0.25) is 0 Å². The van der Waals surface area contributed by atoms with Gasteiger partial charge in [0.1, 0.15) is 6.79 Å². The van der Waals surface area contributed by atoms with Gasteiger partial charge in [0.15, 0.2) is 0 Å². The fourth-order valence-corrected chi connectivity index (χ4v) is 7.83. The molecule has 26 heavy (non-hydrogen) atoms. The minimum Gasteiger partial charge on any atom is -0.379 e. The van der Waals surface area contributed by atoms with E-state index in [9.17, 15) is 0 Å². The Kier molecular flexibility index (Phi) is 4.81. The van der Waals surface area contributed by atoms with E-state index < -0.39 is 0 Å². The van der Waals surface area contributed by atoms with Crippen molar-refractivity contribution in [3.63, 3.8) is 0 Å². The van der Waals surface area contributed by atoms with E-state index in [1.54, 1.807) is 4.90 Å². The number of ether oxygens (including phenoxy) is 4. The maximum atomic E-state index is 5.98. The van der Waals surface area contributed by atoms with E-state index in [0.29, 0.717) is 24.9 Å². The average Bonchev–Trinajstić information content (AvgIpc) is 3.12. The third-order valence-electron chi connectivity index (χ3n) is 8.79. The molecule has 3 aliphatic carbocycles. The second kappa shape index (κ2) is 7.00. The lowest BCUT2D eigenvalue weighted by molar-refractivity contribution is -0.929. The molecule has 11 atom stereocenters. The van der Waals surface area contributed by atoms with E-state index in [2.05, 4.69) is 7.05 Å². The molecular formula is C21H36NO4+. The molecule has 0 radical (unpaired) electrons. The molecular weight excluding hydrogens is 330 g/mol. The largest absolute Gasteiger partial charge is 0.379 e. The van der Waals surface area contributed by atoms with Crippen LogP contribution in [0, 0.1) is 29.6 Å². The Bertz CT molecular complexity index is 516. The van der Waals surface area contributed by atoms with Crippen LogP contribution in [0.2, 0.25) is 0 Å². The zero-order valence-corrected chi connectivity index (χ0v) is 16.6. The van der Waals surface area contributed by atoms with E-state index in [1.807, 2.05) is 14.2 Å². The molecule has 2 saturated heterocycles. The van der Waals surface area contributed by atoms with Gasteiger partial charge in [-0.05, 0) is 50.4 Å². The Balaban J connectivity index is 1.38. The van der Waals surface area contributed by atoms with Crippen molar-refractivity contribution in [1.82, 2.24) is 0 Å². The molecule has 2 heterocycles. The van der Waals surface area contributed by atoms with Crippen LogP contribution in [-0.2, 0) is 18.9 Å². The van der Waals surface area contributed by atoms with Crippen LogP contribution in [0.1, 0.15) is 38.5 Å². The molecule has 0 amide bonds. The van der Waals surface area contributed by atoms with Gasteiger partial charge >= 0.3 is 0 Å². The van der Waals surface area contributed by atoms with Gasteiger partial charge in [0.25, 0.3) is 0 Å². The number of hydrogen-bond acceptors (Lipinski definition) is 4. The van der Waals surface area contributed by atoms with Crippen LogP contribution >= 0.6 is 0 Å². The van der Waals surface area contributed by atoms with Gasteiger partial charge in [-0.3, -0.25) is 0 Å². The van der Waals surface area contributed by atoms with Gasteiger partial charge < -0.3 is 23.8 Å². The van der Waals surface area contributed by atoms with Crippen molar-refractivity contribution >= 4 is 0 Å². The molecule has 1 N–H and O–H groups in total. The SMILES string of the molecule is COC1CCC2C(C[NH+](C)C3C4CC5OCOC5CC4CCC23)C1OC. The molecule has 5 fully saturated rings. The number of likely N-dealkylation sites (tertiary alicyclic amines) is 1. The fourth-order valence-electron chi connectivity index (χ4n) is 7.83. The first-order chi connectivity index (χ1) is 12.7. The predicted octanol–water partition coefficient (Wildman–Crippen LogP) is 1.12. The van der Waals surface area contributed by atoms with Gasteiger partial charge in [-0.2, -0.15) is 0 Å². The maximum Gasteiger partial charge on any atom is 0.147 e. The van der Waals surface area contributed by atoms with Gasteiger partial charge in [-0.25, -0.2) is 0 Å². The van der Waals surface area contributed by atoms with Crippen molar-refractivity contribution in [2.45, 2.75) is 69.0 Å².